The van der Waals surface area contributed by atoms with Crippen LogP contribution in [-0.4, -0.2) is 32.3 Å². The van der Waals surface area contributed by atoms with E-state index in [0.717, 1.165) is 6.07 Å². The van der Waals surface area contributed by atoms with Gasteiger partial charge in [-0.2, -0.15) is 0 Å². The molecule has 0 radical (unpaired) electrons. The predicted molar refractivity (Wildman–Crippen MR) is 137 cm³/mol. The maximum absolute atomic E-state index is 14.0. The van der Waals surface area contributed by atoms with Crippen molar-refractivity contribution in [3.63, 3.8) is 0 Å². The van der Waals surface area contributed by atoms with E-state index < -0.39 is 44.5 Å². The maximum Gasteiger partial charge on any atom is 0.404 e. The summed E-state index contributed by atoms with van der Waals surface area (Å²) in [6.07, 6.45) is 0.883. The van der Waals surface area contributed by atoms with E-state index in [-0.39, 0.29) is 51.4 Å². The summed E-state index contributed by atoms with van der Waals surface area (Å²) >= 11 is 6.31. The summed E-state index contributed by atoms with van der Waals surface area (Å²) in [6.45, 7) is 5.83. The fourth-order valence-electron chi connectivity index (χ4n) is 5.17. The third-order valence-electron chi connectivity index (χ3n) is 7.33. The number of halogens is 4. The van der Waals surface area contributed by atoms with Crippen molar-refractivity contribution in [1.29, 1.82) is 0 Å². The summed E-state index contributed by atoms with van der Waals surface area (Å²) < 4.78 is 73.2. The monoisotopic (exact) mass is 574 g/mol. The first kappa shape index (κ1) is 29.8. The van der Waals surface area contributed by atoms with Crippen molar-refractivity contribution in [2.75, 3.05) is 11.9 Å². The lowest BCUT2D eigenvalue weighted by Crippen LogP contribution is -2.33. The molecule has 3 rings (SSSR count). The van der Waals surface area contributed by atoms with E-state index in [0.29, 0.717) is 31.4 Å². The summed E-state index contributed by atoms with van der Waals surface area (Å²) in [6, 6.07) is 4.90. The second-order valence-electron chi connectivity index (χ2n) is 9.84. The van der Waals surface area contributed by atoms with Crippen LogP contribution in [0.2, 0.25) is 5.02 Å². The molecule has 2 unspecified atom stereocenters. The van der Waals surface area contributed by atoms with E-state index in [1.165, 1.54) is 12.1 Å². The van der Waals surface area contributed by atoms with Crippen molar-refractivity contribution in [2.24, 2.45) is 29.4 Å². The number of rotatable bonds is 9. The van der Waals surface area contributed by atoms with Crippen LogP contribution < -0.4 is 11.1 Å². The van der Waals surface area contributed by atoms with E-state index in [1.54, 1.807) is 0 Å². The van der Waals surface area contributed by atoms with Gasteiger partial charge < -0.3 is 15.8 Å². The molecule has 1 aliphatic rings. The zero-order chi connectivity index (χ0) is 28.4. The number of amides is 2. The Balaban J connectivity index is 1.91. The Hall–Kier alpha value is -2.79. The molecule has 0 saturated heterocycles. The molecule has 1 aliphatic carbocycles. The molecule has 3 N–H and O–H groups in total. The predicted octanol–water partition coefficient (Wildman–Crippen LogP) is 5.96. The first-order chi connectivity index (χ1) is 17.8. The fraction of sp³-hybridized carbons (Fsp3) is 0.462. The van der Waals surface area contributed by atoms with Crippen molar-refractivity contribution in [3.8, 4) is 0 Å². The molecule has 0 heterocycles. The first-order valence-electron chi connectivity index (χ1n) is 12.2. The van der Waals surface area contributed by atoms with Crippen molar-refractivity contribution < 1.29 is 35.9 Å². The highest BCUT2D eigenvalue weighted by Crippen LogP contribution is 2.46. The van der Waals surface area contributed by atoms with Gasteiger partial charge in [0, 0.05) is 23.4 Å². The molecular weight excluding hydrogens is 545 g/mol. The Morgan fingerprint density at radius 2 is 1.79 bits per heavy atom. The quantitative estimate of drug-likeness (QED) is 0.359. The molecule has 0 aliphatic heterocycles. The van der Waals surface area contributed by atoms with Crippen LogP contribution in [0.5, 0.6) is 0 Å². The van der Waals surface area contributed by atoms with E-state index in [9.17, 15) is 31.2 Å². The first-order valence-corrected chi connectivity index (χ1v) is 14.1. The van der Waals surface area contributed by atoms with Crippen LogP contribution >= 0.6 is 11.6 Å². The number of hydrogen-bond acceptors (Lipinski definition) is 5. The molecule has 208 valence electrons. The molecular formula is C26H30ClF3N2O5S. The minimum atomic E-state index is -4.05. The van der Waals surface area contributed by atoms with E-state index in [2.05, 4.69) is 5.32 Å². The van der Waals surface area contributed by atoms with Gasteiger partial charge in [0.15, 0.2) is 27.3 Å². The van der Waals surface area contributed by atoms with E-state index >= 15 is 0 Å². The smallest absolute Gasteiger partial charge is 0.404 e. The van der Waals surface area contributed by atoms with Crippen molar-refractivity contribution in [1.82, 2.24) is 0 Å². The standard InChI is InChI=1S/C26H30ClF3N2O5S/c1-4-15(12-37-26(31)34)8-17-7-13(2)14(3)24(17)38(35,36)22-9-16(5-6-19(22)27)25(33)32-18-10-20(28)23(30)21(29)11-18/h5-6,9-11,13-15,17,24H,4,7-8,12H2,1-3H3,(H2,31,34)(H,32,33)/t13-,14?,15+,17-,24?/m0/s1. The Labute approximate surface area is 224 Å². The largest absolute Gasteiger partial charge is 0.449 e. The van der Waals surface area contributed by atoms with Crippen molar-refractivity contribution in [2.45, 2.75) is 50.2 Å². The molecule has 1 saturated carbocycles. The number of primary amides is 1. The second kappa shape index (κ2) is 11.9. The number of carbonyl (C=O) groups excluding carboxylic acids is 2. The average Bonchev–Trinajstić information content (AvgIpc) is 3.13. The van der Waals surface area contributed by atoms with Gasteiger partial charge in [-0.25, -0.2) is 26.4 Å². The number of ether oxygens (including phenoxy) is 1. The van der Waals surface area contributed by atoms with Crippen LogP contribution in [0.3, 0.4) is 0 Å². The summed E-state index contributed by atoms with van der Waals surface area (Å²) in [5.74, 6) is -5.99. The normalized spacial score (nSPS) is 22.2. The molecule has 38 heavy (non-hydrogen) atoms. The third-order valence-corrected chi connectivity index (χ3v) is 10.3. The SMILES string of the molecule is CC[C@@H](COC(N)=O)C[C@@H]1C[C@H](C)C(C)C1S(=O)(=O)c1cc(C(=O)Nc2cc(F)c(F)c(F)c2)ccc1Cl. The lowest BCUT2D eigenvalue weighted by molar-refractivity contribution is 0.102. The van der Waals surface area contributed by atoms with Gasteiger partial charge in [-0.3, -0.25) is 4.79 Å². The minimum Gasteiger partial charge on any atom is -0.449 e. The topological polar surface area (TPSA) is 116 Å². The third kappa shape index (κ3) is 6.43. The van der Waals surface area contributed by atoms with Gasteiger partial charge in [-0.05, 0) is 54.7 Å². The Kier molecular flexibility index (Phi) is 9.35. The Morgan fingerprint density at radius 3 is 2.37 bits per heavy atom. The highest BCUT2D eigenvalue weighted by molar-refractivity contribution is 7.92. The van der Waals surface area contributed by atoms with Gasteiger partial charge in [-0.1, -0.05) is 38.8 Å². The molecule has 0 aromatic heterocycles. The molecule has 0 bridgehead atoms. The van der Waals surface area contributed by atoms with Crippen LogP contribution in [0.25, 0.3) is 0 Å². The van der Waals surface area contributed by atoms with Gasteiger partial charge in [-0.15, -0.1) is 0 Å². The van der Waals surface area contributed by atoms with Crippen LogP contribution in [0, 0.1) is 41.1 Å². The molecule has 2 aromatic rings. The van der Waals surface area contributed by atoms with Crippen LogP contribution in [0.1, 0.15) is 50.4 Å². The molecule has 12 heteroatoms. The summed E-state index contributed by atoms with van der Waals surface area (Å²) in [4.78, 5) is 23.6. The number of sulfone groups is 1. The average molecular weight is 575 g/mol. The number of anilines is 1. The van der Waals surface area contributed by atoms with Crippen molar-refractivity contribution in [3.05, 3.63) is 58.4 Å². The van der Waals surface area contributed by atoms with Gasteiger partial charge in [0.1, 0.15) is 0 Å². The van der Waals surface area contributed by atoms with Crippen LogP contribution in [0.4, 0.5) is 23.7 Å². The molecule has 5 atom stereocenters. The maximum atomic E-state index is 14.0. The Bertz CT molecular complexity index is 1300. The minimum absolute atomic E-state index is 0.0740. The van der Waals surface area contributed by atoms with Gasteiger partial charge in [0.05, 0.1) is 21.8 Å². The van der Waals surface area contributed by atoms with Gasteiger partial charge in [0.25, 0.3) is 5.91 Å². The van der Waals surface area contributed by atoms with E-state index in [1.807, 2.05) is 20.8 Å². The number of nitrogens with one attached hydrogen (secondary N) is 1. The molecule has 2 amide bonds. The lowest BCUT2D eigenvalue weighted by Gasteiger charge is -2.27. The highest BCUT2D eigenvalue weighted by Gasteiger charge is 2.47. The molecule has 0 spiro atoms. The zero-order valence-corrected chi connectivity index (χ0v) is 22.7. The number of hydrogen-bond donors (Lipinski definition) is 2. The zero-order valence-electron chi connectivity index (χ0n) is 21.1. The summed E-state index contributed by atoms with van der Waals surface area (Å²) in [5.41, 5.74) is 4.63. The van der Waals surface area contributed by atoms with Crippen LogP contribution in [-0.2, 0) is 14.6 Å². The number of benzene rings is 2. The molecule has 1 fully saturated rings. The second-order valence-corrected chi connectivity index (χ2v) is 12.3. The summed E-state index contributed by atoms with van der Waals surface area (Å²) in [5, 5.41) is 1.36. The Morgan fingerprint density at radius 1 is 1.16 bits per heavy atom. The molecule has 2 aromatic carbocycles. The van der Waals surface area contributed by atoms with Crippen molar-refractivity contribution >= 4 is 39.1 Å². The lowest BCUT2D eigenvalue weighted by atomic mass is 9.91. The fourth-order valence-corrected chi connectivity index (χ4v) is 8.09. The highest BCUT2D eigenvalue weighted by atomic mass is 35.5. The summed E-state index contributed by atoms with van der Waals surface area (Å²) in [7, 11) is -4.05. The van der Waals surface area contributed by atoms with Gasteiger partial charge >= 0.3 is 6.09 Å². The van der Waals surface area contributed by atoms with Gasteiger partial charge in [0.2, 0.25) is 0 Å². The molecule has 7 nitrogen and oxygen atoms in total. The van der Waals surface area contributed by atoms with Crippen LogP contribution in [0.15, 0.2) is 35.2 Å². The van der Waals surface area contributed by atoms with E-state index in [4.69, 9.17) is 22.1 Å². The number of nitrogens with two attached hydrogens (primary N) is 1. The number of carbonyl (C=O) groups is 2.